The van der Waals surface area contributed by atoms with E-state index in [1.165, 1.54) is 12.1 Å². The van der Waals surface area contributed by atoms with Gasteiger partial charge in [-0.3, -0.25) is 4.72 Å². The molecule has 11 heteroatoms. The summed E-state index contributed by atoms with van der Waals surface area (Å²) in [6.45, 7) is 3.59. The van der Waals surface area contributed by atoms with Crippen LogP contribution in [0.25, 0.3) is 22.4 Å². The number of halogens is 2. The number of aromatic amines is 1. The van der Waals surface area contributed by atoms with Crippen LogP contribution in [0.2, 0.25) is 0 Å². The zero-order valence-electron chi connectivity index (χ0n) is 19.6. The lowest BCUT2D eigenvalue weighted by Crippen LogP contribution is -2.21. The third-order valence-corrected chi connectivity index (χ3v) is 6.82. The number of sulfonamides is 1. The average molecular weight is 501 g/mol. The molecule has 0 spiro atoms. The zero-order chi connectivity index (χ0) is 25.2. The molecule has 0 saturated heterocycles. The maximum Gasteiger partial charge on any atom is 0.264 e. The Morgan fingerprint density at radius 1 is 1.06 bits per heavy atom. The number of benzene rings is 2. The normalized spacial score (nSPS) is 11.8. The van der Waals surface area contributed by atoms with Gasteiger partial charge in [-0.05, 0) is 68.5 Å². The third-order valence-electron chi connectivity index (χ3n) is 5.42. The highest BCUT2D eigenvalue weighted by molar-refractivity contribution is 7.92. The molecule has 3 N–H and O–H groups in total. The van der Waals surface area contributed by atoms with E-state index in [0.29, 0.717) is 29.6 Å². The molecular weight excluding hydrogens is 474 g/mol. The Kier molecular flexibility index (Phi) is 6.99. The van der Waals surface area contributed by atoms with Gasteiger partial charge < -0.3 is 15.2 Å². The van der Waals surface area contributed by atoms with Crippen molar-refractivity contribution >= 4 is 32.6 Å². The molecule has 0 aliphatic carbocycles. The maximum absolute atomic E-state index is 14.0. The first-order valence-corrected chi connectivity index (χ1v) is 12.5. The van der Waals surface area contributed by atoms with Crippen LogP contribution in [0.15, 0.2) is 53.6 Å². The van der Waals surface area contributed by atoms with Crippen LogP contribution < -0.4 is 10.0 Å². The van der Waals surface area contributed by atoms with Crippen molar-refractivity contribution in [1.29, 1.82) is 0 Å². The van der Waals surface area contributed by atoms with Crippen LogP contribution in [-0.4, -0.2) is 55.5 Å². The van der Waals surface area contributed by atoms with Crippen molar-refractivity contribution < 1.29 is 17.2 Å². The first kappa shape index (κ1) is 24.6. The average Bonchev–Trinajstić information content (AvgIpc) is 3.24. The minimum absolute atomic E-state index is 0.191. The molecule has 2 heterocycles. The fourth-order valence-corrected chi connectivity index (χ4v) is 4.76. The molecule has 0 aliphatic heterocycles. The van der Waals surface area contributed by atoms with Crippen molar-refractivity contribution in [1.82, 2.24) is 19.9 Å². The van der Waals surface area contributed by atoms with Gasteiger partial charge in [-0.25, -0.2) is 27.2 Å². The van der Waals surface area contributed by atoms with Gasteiger partial charge in [0.15, 0.2) is 5.82 Å². The van der Waals surface area contributed by atoms with Crippen LogP contribution >= 0.6 is 0 Å². The number of anilines is 2. The largest absolute Gasteiger partial charge is 0.368 e. The number of nitrogens with zero attached hydrogens (tertiary/aromatic N) is 3. The number of hydrogen-bond donors (Lipinski definition) is 3. The van der Waals surface area contributed by atoms with Gasteiger partial charge in [0.25, 0.3) is 10.0 Å². The molecule has 184 valence electrons. The number of nitrogens with one attached hydrogen (secondary N) is 3. The van der Waals surface area contributed by atoms with Crippen LogP contribution in [0.1, 0.15) is 12.5 Å². The van der Waals surface area contributed by atoms with E-state index in [1.54, 1.807) is 12.1 Å². The van der Waals surface area contributed by atoms with Crippen molar-refractivity contribution in [3.8, 4) is 11.4 Å². The van der Waals surface area contributed by atoms with Gasteiger partial charge in [-0.15, -0.1) is 0 Å². The molecule has 0 fully saturated rings. The Morgan fingerprint density at radius 3 is 2.49 bits per heavy atom. The van der Waals surface area contributed by atoms with Crippen molar-refractivity contribution in [3.05, 3.63) is 65.9 Å². The molecule has 35 heavy (non-hydrogen) atoms. The van der Waals surface area contributed by atoms with E-state index in [9.17, 15) is 17.2 Å². The lowest BCUT2D eigenvalue weighted by atomic mass is 10.1. The van der Waals surface area contributed by atoms with E-state index >= 15 is 0 Å². The van der Waals surface area contributed by atoms with Crippen molar-refractivity contribution in [2.24, 2.45) is 0 Å². The monoisotopic (exact) mass is 500 g/mol. The second-order valence-electron chi connectivity index (χ2n) is 8.27. The lowest BCUT2D eigenvalue weighted by molar-refractivity contribution is 0.425. The zero-order valence-corrected chi connectivity index (χ0v) is 20.4. The number of rotatable bonds is 9. The van der Waals surface area contributed by atoms with Gasteiger partial charge in [0.2, 0.25) is 0 Å². The summed E-state index contributed by atoms with van der Waals surface area (Å²) < 4.78 is 54.8. The Hall–Kier alpha value is -3.57. The molecule has 4 aromatic rings. The van der Waals surface area contributed by atoms with Crippen LogP contribution in [0.4, 0.5) is 20.3 Å². The van der Waals surface area contributed by atoms with E-state index in [4.69, 9.17) is 4.98 Å². The fourth-order valence-electron chi connectivity index (χ4n) is 3.61. The summed E-state index contributed by atoms with van der Waals surface area (Å²) in [6.07, 6.45) is 2.75. The number of hydrogen-bond acceptors (Lipinski definition) is 6. The van der Waals surface area contributed by atoms with Crippen LogP contribution in [0.5, 0.6) is 0 Å². The summed E-state index contributed by atoms with van der Waals surface area (Å²) in [6, 6.07) is 8.63. The van der Waals surface area contributed by atoms with Crippen LogP contribution in [-0.2, 0) is 16.4 Å². The Labute approximate surface area is 202 Å². The molecule has 2 aromatic heterocycles. The summed E-state index contributed by atoms with van der Waals surface area (Å²) in [5.74, 6) is -0.708. The van der Waals surface area contributed by atoms with E-state index in [2.05, 4.69) is 31.8 Å². The standard InChI is InChI=1S/C24H26F2N6O2S/c1-4-15-14-28-24-21(15)23(27-11-12-32(2)3)29-22(30-24)16-5-8-18(9-6-16)31-35(33,34)20-13-17(25)7-10-19(20)26/h5-10,13-14,31H,4,11-12H2,1-3H3,(H2,27,28,29,30). The quantitative estimate of drug-likeness (QED) is 0.318. The summed E-state index contributed by atoms with van der Waals surface area (Å²) in [7, 11) is -0.322. The summed E-state index contributed by atoms with van der Waals surface area (Å²) >= 11 is 0. The molecule has 8 nitrogen and oxygen atoms in total. The minimum Gasteiger partial charge on any atom is -0.368 e. The molecule has 0 aliphatic rings. The number of fused-ring (bicyclic) bond motifs is 1. The summed E-state index contributed by atoms with van der Waals surface area (Å²) in [5.41, 5.74) is 2.66. The second kappa shape index (κ2) is 9.96. The molecule has 0 unspecified atom stereocenters. The summed E-state index contributed by atoms with van der Waals surface area (Å²) in [4.78, 5) is 13.9. The number of aromatic nitrogens is 3. The van der Waals surface area contributed by atoms with E-state index in [-0.39, 0.29) is 5.69 Å². The van der Waals surface area contributed by atoms with E-state index in [0.717, 1.165) is 41.9 Å². The highest BCUT2D eigenvalue weighted by atomic mass is 32.2. The molecular formula is C24H26F2N6O2S. The SMILES string of the molecule is CCc1c[nH]c2nc(-c3ccc(NS(=O)(=O)c4cc(F)ccc4F)cc3)nc(NCCN(C)C)c12. The second-order valence-corrected chi connectivity index (χ2v) is 9.93. The maximum atomic E-state index is 14.0. The highest BCUT2D eigenvalue weighted by Gasteiger charge is 2.20. The van der Waals surface area contributed by atoms with Crippen molar-refractivity contribution in [3.63, 3.8) is 0 Å². The van der Waals surface area contributed by atoms with Crippen molar-refractivity contribution in [2.75, 3.05) is 37.2 Å². The topological polar surface area (TPSA) is 103 Å². The van der Waals surface area contributed by atoms with E-state index < -0.39 is 26.6 Å². The number of likely N-dealkylation sites (N-methyl/N-ethyl adjacent to an activating group) is 1. The molecule has 0 radical (unpaired) electrons. The highest BCUT2D eigenvalue weighted by Crippen LogP contribution is 2.29. The molecule has 0 saturated carbocycles. The lowest BCUT2D eigenvalue weighted by Gasteiger charge is -2.13. The first-order valence-electron chi connectivity index (χ1n) is 11.0. The van der Waals surface area contributed by atoms with Gasteiger partial charge in [0.1, 0.15) is 28.0 Å². The molecule has 4 rings (SSSR count). The van der Waals surface area contributed by atoms with Gasteiger partial charge in [0, 0.05) is 30.5 Å². The Bertz CT molecular complexity index is 1450. The number of aryl methyl sites for hydroxylation is 1. The first-order chi connectivity index (χ1) is 16.7. The molecule has 0 bridgehead atoms. The molecule has 0 amide bonds. The van der Waals surface area contributed by atoms with Crippen LogP contribution in [0.3, 0.4) is 0 Å². The van der Waals surface area contributed by atoms with Crippen molar-refractivity contribution in [2.45, 2.75) is 18.2 Å². The summed E-state index contributed by atoms with van der Waals surface area (Å²) in [5, 5.41) is 4.33. The predicted octanol–water partition coefficient (Wildman–Crippen LogP) is 4.24. The predicted molar refractivity (Wildman–Crippen MR) is 133 cm³/mol. The fraction of sp³-hybridized carbons (Fsp3) is 0.250. The van der Waals surface area contributed by atoms with Gasteiger partial charge in [0.05, 0.1) is 5.39 Å². The smallest absolute Gasteiger partial charge is 0.264 e. The van der Waals surface area contributed by atoms with Gasteiger partial charge in [-0.1, -0.05) is 6.92 Å². The third kappa shape index (κ3) is 5.41. The Morgan fingerprint density at radius 2 is 1.80 bits per heavy atom. The van der Waals surface area contributed by atoms with Gasteiger partial charge in [-0.2, -0.15) is 0 Å². The van der Waals surface area contributed by atoms with Gasteiger partial charge >= 0.3 is 0 Å². The number of H-pyrrole nitrogens is 1. The minimum atomic E-state index is -4.31. The van der Waals surface area contributed by atoms with Crippen LogP contribution in [0, 0.1) is 11.6 Å². The van der Waals surface area contributed by atoms with E-state index in [1.807, 2.05) is 20.3 Å². The Balaban J connectivity index is 1.63. The molecule has 2 aromatic carbocycles. The molecule has 0 atom stereocenters.